The van der Waals surface area contributed by atoms with Crippen LogP contribution in [0.2, 0.25) is 0 Å². The lowest BCUT2D eigenvalue weighted by Gasteiger charge is -1.99. The molecule has 0 aliphatic heterocycles. The summed E-state index contributed by atoms with van der Waals surface area (Å²) >= 11 is 0. The molecule has 0 rings (SSSR count). The van der Waals surface area contributed by atoms with Gasteiger partial charge in [0.2, 0.25) is 0 Å². The van der Waals surface area contributed by atoms with Crippen LogP contribution in [-0.4, -0.2) is 0 Å². The van der Waals surface area contributed by atoms with Crippen molar-refractivity contribution in [2.24, 2.45) is 0 Å². The average molecular weight is 301 g/mol. The van der Waals surface area contributed by atoms with E-state index in [-0.39, 0.29) is 0 Å². The van der Waals surface area contributed by atoms with Gasteiger partial charge in [-0.2, -0.15) is 0 Å². The molecule has 0 unspecified atom stereocenters. The minimum atomic E-state index is 1.10. The van der Waals surface area contributed by atoms with E-state index in [4.69, 9.17) is 0 Å². The first-order chi connectivity index (χ1) is 10.9. The molecule has 0 nitrogen and oxygen atoms in total. The molecular formula is C22H36. The third kappa shape index (κ3) is 18.7. The van der Waals surface area contributed by atoms with Crippen LogP contribution in [0.1, 0.15) is 78.1 Å². The van der Waals surface area contributed by atoms with Crippen LogP contribution in [-0.2, 0) is 0 Å². The van der Waals surface area contributed by atoms with Gasteiger partial charge in [-0.15, -0.1) is 0 Å². The molecular weight excluding hydrogens is 264 g/mol. The Morgan fingerprint density at radius 3 is 1.45 bits per heavy atom. The molecule has 0 spiro atoms. The fourth-order valence-electron chi connectivity index (χ4n) is 2.16. The lowest BCUT2D eigenvalue weighted by molar-refractivity contribution is 0.600. The highest BCUT2D eigenvalue weighted by Gasteiger charge is 1.89. The van der Waals surface area contributed by atoms with Gasteiger partial charge in [-0.1, -0.05) is 100 Å². The molecule has 0 aliphatic rings. The van der Waals surface area contributed by atoms with Crippen LogP contribution in [0.15, 0.2) is 60.8 Å². The number of unbranched alkanes of at least 4 members (excludes halogenated alkanes) is 7. The second kappa shape index (κ2) is 19.7. The summed E-state index contributed by atoms with van der Waals surface area (Å²) < 4.78 is 0. The van der Waals surface area contributed by atoms with Crippen molar-refractivity contribution in [3.63, 3.8) is 0 Å². The van der Waals surface area contributed by atoms with Crippen molar-refractivity contribution in [2.45, 2.75) is 78.1 Å². The maximum Gasteiger partial charge on any atom is -0.0348 e. The van der Waals surface area contributed by atoms with E-state index in [1.807, 2.05) is 0 Å². The summed E-state index contributed by atoms with van der Waals surface area (Å²) in [6.45, 7) is 4.34. The van der Waals surface area contributed by atoms with Gasteiger partial charge >= 0.3 is 0 Å². The third-order valence-electron chi connectivity index (χ3n) is 3.46. The van der Waals surface area contributed by atoms with E-state index >= 15 is 0 Å². The smallest absolute Gasteiger partial charge is 0.0348 e. The first-order valence-corrected chi connectivity index (χ1v) is 9.21. The van der Waals surface area contributed by atoms with Gasteiger partial charge < -0.3 is 0 Å². The van der Waals surface area contributed by atoms with Crippen LogP contribution in [0.3, 0.4) is 0 Å². The van der Waals surface area contributed by atoms with Gasteiger partial charge in [-0.3, -0.25) is 0 Å². The zero-order valence-corrected chi connectivity index (χ0v) is 14.8. The summed E-state index contributed by atoms with van der Waals surface area (Å²) in [5, 5.41) is 0. The molecule has 0 atom stereocenters. The summed E-state index contributed by atoms with van der Waals surface area (Å²) in [4.78, 5) is 0. The normalized spacial score (nSPS) is 13.0. The van der Waals surface area contributed by atoms with Crippen molar-refractivity contribution >= 4 is 0 Å². The third-order valence-corrected chi connectivity index (χ3v) is 3.46. The standard InChI is InChI=1S/C22H36/c1-3-5-7-9-11-13-15-17-19-21-22-20-18-16-14-12-10-8-6-4-2/h5-9,11,13,15,17,19H,3-4,10,12,14,16,18,20-22H2,1-2H3/b7-5+,8-6+,11-9+,15-13+,19-17+. The average Bonchev–Trinajstić information content (AvgIpc) is 2.54. The molecule has 0 aromatic carbocycles. The van der Waals surface area contributed by atoms with Crippen molar-refractivity contribution in [1.82, 2.24) is 0 Å². The van der Waals surface area contributed by atoms with Crippen LogP contribution in [0.25, 0.3) is 0 Å². The Balaban J connectivity index is 3.30. The minimum Gasteiger partial charge on any atom is -0.0888 e. The molecule has 0 heterocycles. The van der Waals surface area contributed by atoms with Crippen LogP contribution >= 0.6 is 0 Å². The van der Waals surface area contributed by atoms with Gasteiger partial charge in [0.05, 0.1) is 0 Å². The second-order valence-electron chi connectivity index (χ2n) is 5.61. The van der Waals surface area contributed by atoms with Crippen molar-refractivity contribution in [3.05, 3.63) is 60.8 Å². The molecule has 124 valence electrons. The quantitative estimate of drug-likeness (QED) is 0.175. The zero-order chi connectivity index (χ0) is 16.1. The summed E-state index contributed by atoms with van der Waals surface area (Å²) in [7, 11) is 0. The van der Waals surface area contributed by atoms with E-state index in [0.29, 0.717) is 0 Å². The fourth-order valence-corrected chi connectivity index (χ4v) is 2.16. The monoisotopic (exact) mass is 300 g/mol. The Bertz CT molecular complexity index is 339. The largest absolute Gasteiger partial charge is 0.0888 e. The lowest BCUT2D eigenvalue weighted by Crippen LogP contribution is -1.79. The highest BCUT2D eigenvalue weighted by Crippen LogP contribution is 2.09. The molecule has 0 saturated heterocycles. The van der Waals surface area contributed by atoms with Crippen molar-refractivity contribution < 1.29 is 0 Å². The Labute approximate surface area is 139 Å². The number of allylic oxidation sites excluding steroid dienone is 10. The van der Waals surface area contributed by atoms with Gasteiger partial charge in [-0.25, -0.2) is 0 Å². The van der Waals surface area contributed by atoms with Gasteiger partial charge in [0.25, 0.3) is 0 Å². The molecule has 0 amide bonds. The van der Waals surface area contributed by atoms with Crippen molar-refractivity contribution in [3.8, 4) is 0 Å². The molecule has 0 aromatic rings. The van der Waals surface area contributed by atoms with Gasteiger partial charge in [0, 0.05) is 0 Å². The first kappa shape index (κ1) is 20.7. The summed E-state index contributed by atoms with van der Waals surface area (Å²) in [6, 6.07) is 0. The Morgan fingerprint density at radius 1 is 0.409 bits per heavy atom. The van der Waals surface area contributed by atoms with Crippen LogP contribution in [0.4, 0.5) is 0 Å². The highest BCUT2D eigenvalue weighted by atomic mass is 14.0. The topological polar surface area (TPSA) is 0 Å². The lowest BCUT2D eigenvalue weighted by atomic mass is 10.1. The van der Waals surface area contributed by atoms with Gasteiger partial charge in [0.15, 0.2) is 0 Å². The van der Waals surface area contributed by atoms with Crippen LogP contribution in [0.5, 0.6) is 0 Å². The second-order valence-corrected chi connectivity index (χ2v) is 5.61. The maximum absolute atomic E-state index is 2.33. The Kier molecular flexibility index (Phi) is 18.5. The van der Waals surface area contributed by atoms with E-state index in [2.05, 4.69) is 74.6 Å². The first-order valence-electron chi connectivity index (χ1n) is 9.21. The van der Waals surface area contributed by atoms with E-state index in [0.717, 1.165) is 6.42 Å². The minimum absolute atomic E-state index is 1.10. The van der Waals surface area contributed by atoms with E-state index in [1.54, 1.807) is 0 Å². The predicted octanol–water partition coefficient (Wildman–Crippen LogP) is 7.71. The van der Waals surface area contributed by atoms with Gasteiger partial charge in [-0.05, 0) is 38.5 Å². The number of rotatable bonds is 14. The molecule has 0 fully saturated rings. The highest BCUT2D eigenvalue weighted by molar-refractivity contribution is 5.15. The predicted molar refractivity (Wildman–Crippen MR) is 103 cm³/mol. The van der Waals surface area contributed by atoms with Crippen LogP contribution in [0, 0.1) is 0 Å². The SMILES string of the molecule is CC/C=C/C=C/C=C/C=C/CCCCCCCC/C=C/CC. The van der Waals surface area contributed by atoms with E-state index in [9.17, 15) is 0 Å². The summed E-state index contributed by atoms with van der Waals surface area (Å²) in [5.41, 5.74) is 0. The van der Waals surface area contributed by atoms with E-state index in [1.165, 1.54) is 57.8 Å². The molecule has 0 bridgehead atoms. The number of hydrogen-bond acceptors (Lipinski definition) is 0. The molecule has 0 radical (unpaired) electrons. The van der Waals surface area contributed by atoms with Crippen LogP contribution < -0.4 is 0 Å². The molecule has 22 heavy (non-hydrogen) atoms. The molecule has 0 N–H and O–H groups in total. The Hall–Kier alpha value is -1.30. The van der Waals surface area contributed by atoms with E-state index < -0.39 is 0 Å². The maximum atomic E-state index is 2.33. The summed E-state index contributed by atoms with van der Waals surface area (Å²) in [6.07, 6.45) is 34.7. The Morgan fingerprint density at radius 2 is 0.864 bits per heavy atom. The van der Waals surface area contributed by atoms with Gasteiger partial charge in [0.1, 0.15) is 0 Å². The van der Waals surface area contributed by atoms with Crippen molar-refractivity contribution in [2.75, 3.05) is 0 Å². The summed E-state index contributed by atoms with van der Waals surface area (Å²) in [5.74, 6) is 0. The molecule has 0 aliphatic carbocycles. The number of hydrogen-bond donors (Lipinski definition) is 0. The molecule has 0 heteroatoms. The molecule has 0 saturated carbocycles. The fraction of sp³-hybridized carbons (Fsp3) is 0.545. The molecule has 0 aromatic heterocycles. The van der Waals surface area contributed by atoms with Crippen molar-refractivity contribution in [1.29, 1.82) is 0 Å². The zero-order valence-electron chi connectivity index (χ0n) is 14.8.